The summed E-state index contributed by atoms with van der Waals surface area (Å²) in [6, 6.07) is 11.0. The van der Waals surface area contributed by atoms with Crippen molar-refractivity contribution in [3.05, 3.63) is 53.7 Å². The molecule has 0 saturated carbocycles. The third-order valence-electron chi connectivity index (χ3n) is 4.98. The highest BCUT2D eigenvalue weighted by atomic mass is 32.2. The molecule has 1 aliphatic heterocycles. The van der Waals surface area contributed by atoms with Crippen LogP contribution in [-0.4, -0.2) is 34.2 Å². The van der Waals surface area contributed by atoms with E-state index in [9.17, 15) is 8.42 Å². The number of anilines is 2. The van der Waals surface area contributed by atoms with Crippen LogP contribution in [0.2, 0.25) is 0 Å². The summed E-state index contributed by atoms with van der Waals surface area (Å²) in [7, 11) is -0.549. The summed E-state index contributed by atoms with van der Waals surface area (Å²) in [4.78, 5) is 6.88. The van der Waals surface area contributed by atoms with Gasteiger partial charge in [-0.1, -0.05) is 12.1 Å². The lowest BCUT2D eigenvalue weighted by Crippen LogP contribution is -2.22. The largest absolute Gasteiger partial charge is 0.493 e. The highest BCUT2D eigenvalue weighted by Gasteiger charge is 2.23. The van der Waals surface area contributed by atoms with Gasteiger partial charge in [0.1, 0.15) is 0 Å². The number of nitrogens with two attached hydrogens (primary N) is 1. The molecule has 0 saturated heterocycles. The second kappa shape index (κ2) is 7.41. The summed E-state index contributed by atoms with van der Waals surface area (Å²) in [5, 5.41) is 6.03. The average molecular weight is 414 g/mol. The average Bonchev–Trinajstić information content (AvgIpc) is 3.10. The molecular formula is C20H22N4O4S. The minimum Gasteiger partial charge on any atom is -0.493 e. The molecule has 0 atom stereocenters. The van der Waals surface area contributed by atoms with Crippen LogP contribution < -0.4 is 24.2 Å². The Hall–Kier alpha value is -3.04. The Morgan fingerprint density at radius 3 is 2.48 bits per heavy atom. The number of hydrogen-bond acceptors (Lipinski definition) is 6. The maximum Gasteiger partial charge on any atom is 0.296 e. The van der Waals surface area contributed by atoms with E-state index < -0.39 is 10.2 Å². The van der Waals surface area contributed by atoms with Gasteiger partial charge in [-0.3, -0.25) is 9.71 Å². The first-order valence-electron chi connectivity index (χ1n) is 9.06. The van der Waals surface area contributed by atoms with Gasteiger partial charge in [0.05, 0.1) is 25.4 Å². The van der Waals surface area contributed by atoms with Gasteiger partial charge in [0.2, 0.25) is 0 Å². The maximum absolute atomic E-state index is 11.2. The lowest BCUT2D eigenvalue weighted by atomic mass is 10.1. The van der Waals surface area contributed by atoms with E-state index in [0.717, 1.165) is 35.1 Å². The van der Waals surface area contributed by atoms with Crippen LogP contribution in [0.4, 0.5) is 11.4 Å². The second-order valence-electron chi connectivity index (χ2n) is 6.87. The fraction of sp³-hybridized carbons (Fsp3) is 0.250. The van der Waals surface area contributed by atoms with E-state index >= 15 is 0 Å². The van der Waals surface area contributed by atoms with Gasteiger partial charge in [-0.2, -0.15) is 8.42 Å². The summed E-state index contributed by atoms with van der Waals surface area (Å²) in [5.41, 5.74) is 4.67. The number of aromatic nitrogens is 1. The van der Waals surface area contributed by atoms with Gasteiger partial charge in [-0.05, 0) is 35.7 Å². The van der Waals surface area contributed by atoms with Crippen molar-refractivity contribution in [3.63, 3.8) is 0 Å². The van der Waals surface area contributed by atoms with Crippen LogP contribution in [0.5, 0.6) is 11.5 Å². The van der Waals surface area contributed by atoms with Crippen molar-refractivity contribution in [3.8, 4) is 11.5 Å². The first-order chi connectivity index (χ1) is 13.9. The van der Waals surface area contributed by atoms with E-state index in [1.165, 1.54) is 5.56 Å². The molecule has 8 nitrogen and oxygen atoms in total. The van der Waals surface area contributed by atoms with Crippen LogP contribution >= 0.6 is 0 Å². The lowest BCUT2D eigenvalue weighted by molar-refractivity contribution is 0.356. The molecule has 2 aromatic carbocycles. The Bertz CT molecular complexity index is 1160. The molecule has 152 valence electrons. The smallest absolute Gasteiger partial charge is 0.296 e. The number of nitrogens with zero attached hydrogens (tertiary/aromatic N) is 2. The van der Waals surface area contributed by atoms with Crippen LogP contribution in [0.15, 0.2) is 42.6 Å². The molecule has 0 fully saturated rings. The zero-order valence-electron chi connectivity index (χ0n) is 16.2. The predicted octanol–water partition coefficient (Wildman–Crippen LogP) is 2.43. The fourth-order valence-corrected chi connectivity index (χ4v) is 4.16. The first-order valence-corrected chi connectivity index (χ1v) is 10.6. The molecule has 0 bridgehead atoms. The second-order valence-corrected chi connectivity index (χ2v) is 8.17. The molecule has 1 aromatic heterocycles. The van der Waals surface area contributed by atoms with Crippen LogP contribution in [0.3, 0.4) is 0 Å². The van der Waals surface area contributed by atoms with Crippen molar-refractivity contribution in [2.75, 3.05) is 30.4 Å². The third-order valence-corrected chi connectivity index (χ3v) is 5.50. The summed E-state index contributed by atoms with van der Waals surface area (Å²) < 4.78 is 35.5. The van der Waals surface area contributed by atoms with Crippen molar-refractivity contribution in [1.82, 2.24) is 4.98 Å². The van der Waals surface area contributed by atoms with Crippen molar-refractivity contribution in [1.29, 1.82) is 0 Å². The van der Waals surface area contributed by atoms with E-state index in [-0.39, 0.29) is 0 Å². The molecule has 0 unspecified atom stereocenters. The van der Waals surface area contributed by atoms with Gasteiger partial charge in [0.25, 0.3) is 10.2 Å². The fourth-order valence-electron chi connectivity index (χ4n) is 3.69. The van der Waals surface area contributed by atoms with Crippen molar-refractivity contribution in [2.45, 2.75) is 13.0 Å². The molecule has 0 spiro atoms. The molecule has 4 rings (SSSR count). The monoisotopic (exact) mass is 414 g/mol. The number of ether oxygens (including phenoxy) is 2. The van der Waals surface area contributed by atoms with Crippen LogP contribution in [0.25, 0.3) is 10.9 Å². The van der Waals surface area contributed by atoms with E-state index in [0.29, 0.717) is 23.7 Å². The zero-order chi connectivity index (χ0) is 20.6. The third kappa shape index (κ3) is 3.92. The summed E-state index contributed by atoms with van der Waals surface area (Å²) in [6.45, 7) is 1.57. The van der Waals surface area contributed by atoms with Gasteiger partial charge in [-0.25, -0.2) is 5.14 Å². The number of rotatable bonds is 6. The minimum absolute atomic E-state index is 0.435. The quantitative estimate of drug-likeness (QED) is 0.642. The van der Waals surface area contributed by atoms with E-state index in [4.69, 9.17) is 14.6 Å². The number of methoxy groups -OCH3 is 2. The Balaban J connectivity index is 1.66. The van der Waals surface area contributed by atoms with E-state index in [2.05, 4.69) is 14.6 Å². The summed E-state index contributed by atoms with van der Waals surface area (Å²) >= 11 is 0. The highest BCUT2D eigenvalue weighted by Crippen LogP contribution is 2.40. The number of benzene rings is 2. The van der Waals surface area contributed by atoms with Crippen molar-refractivity contribution >= 4 is 32.5 Å². The van der Waals surface area contributed by atoms with Crippen molar-refractivity contribution < 1.29 is 17.9 Å². The summed E-state index contributed by atoms with van der Waals surface area (Å²) in [6.07, 6.45) is 2.83. The molecule has 0 amide bonds. The Labute approximate surface area is 169 Å². The highest BCUT2D eigenvalue weighted by molar-refractivity contribution is 7.90. The van der Waals surface area contributed by atoms with E-state index in [1.54, 1.807) is 26.4 Å². The number of nitrogens with one attached hydrogen (secondary N) is 1. The van der Waals surface area contributed by atoms with Gasteiger partial charge in [0, 0.05) is 36.4 Å². The number of fused-ring (bicyclic) bond motifs is 3. The molecule has 0 radical (unpaired) electrons. The van der Waals surface area contributed by atoms with Crippen LogP contribution in [0, 0.1) is 0 Å². The first kappa shape index (κ1) is 19.3. The topological polar surface area (TPSA) is 107 Å². The number of pyridine rings is 1. The summed E-state index contributed by atoms with van der Waals surface area (Å²) in [5.74, 6) is 1.32. The molecule has 3 aromatic rings. The molecule has 9 heteroatoms. The van der Waals surface area contributed by atoms with Gasteiger partial charge in [-0.15, -0.1) is 0 Å². The van der Waals surface area contributed by atoms with Gasteiger partial charge >= 0.3 is 0 Å². The normalized spacial score (nSPS) is 13.4. The Kier molecular flexibility index (Phi) is 4.93. The lowest BCUT2D eigenvalue weighted by Gasteiger charge is -2.22. The van der Waals surface area contributed by atoms with Crippen molar-refractivity contribution in [2.24, 2.45) is 5.14 Å². The molecule has 1 aliphatic rings. The standard InChI is InChI=1S/C20H22N4O4S/c1-27-18-9-16-17(10-19(18)28-2)22-11-14-7-8-24(20(14)16)12-13-3-5-15(6-4-13)23-29(21,25)26/h3-6,9-11,23H,7-8,12H2,1-2H3,(H2,21,25,26). The van der Waals surface area contributed by atoms with E-state index in [1.807, 2.05) is 30.5 Å². The molecule has 29 heavy (non-hydrogen) atoms. The van der Waals surface area contributed by atoms with Gasteiger partial charge < -0.3 is 14.4 Å². The van der Waals surface area contributed by atoms with Crippen LogP contribution in [-0.2, 0) is 23.2 Å². The molecule has 0 aliphatic carbocycles. The Morgan fingerprint density at radius 1 is 1.14 bits per heavy atom. The van der Waals surface area contributed by atoms with Crippen LogP contribution in [0.1, 0.15) is 11.1 Å². The van der Waals surface area contributed by atoms with Gasteiger partial charge in [0.15, 0.2) is 11.5 Å². The molecular weight excluding hydrogens is 392 g/mol. The zero-order valence-corrected chi connectivity index (χ0v) is 17.0. The maximum atomic E-state index is 11.2. The molecule has 2 heterocycles. The minimum atomic E-state index is -3.78. The Morgan fingerprint density at radius 2 is 1.83 bits per heavy atom. The molecule has 3 N–H and O–H groups in total. The number of hydrogen-bond donors (Lipinski definition) is 2. The predicted molar refractivity (Wildman–Crippen MR) is 113 cm³/mol. The SMILES string of the molecule is COc1cc2ncc3c(c2cc1OC)N(Cc1ccc(NS(N)(=O)=O)cc1)CC3.